The van der Waals surface area contributed by atoms with Crippen LogP contribution in [0.1, 0.15) is 36.8 Å². The van der Waals surface area contributed by atoms with E-state index < -0.39 is 96.0 Å². The Morgan fingerprint density at radius 3 is 1.73 bits per heavy atom. The van der Waals surface area contributed by atoms with Crippen molar-refractivity contribution in [2.75, 3.05) is 7.11 Å². The molecule has 6 N–H and O–H groups in total. The van der Waals surface area contributed by atoms with Crippen molar-refractivity contribution < 1.29 is 73.6 Å². The van der Waals surface area contributed by atoms with Gasteiger partial charge in [-0.1, -0.05) is 12.1 Å². The summed E-state index contributed by atoms with van der Waals surface area (Å²) in [6, 6.07) is 7.28. The van der Waals surface area contributed by atoms with E-state index >= 15 is 0 Å². The molecule has 0 aromatic heterocycles. The van der Waals surface area contributed by atoms with Gasteiger partial charge >= 0.3 is 29.8 Å². The summed E-state index contributed by atoms with van der Waals surface area (Å²) in [6.45, 7) is 0. The molecule has 2 aromatic carbocycles. The smallest absolute Gasteiger partial charge is 0.348 e. The van der Waals surface area contributed by atoms with Crippen LogP contribution < -0.4 is 0 Å². The number of methoxy groups -OCH3 is 1. The Morgan fingerprint density at radius 2 is 1.24 bits per heavy atom. The largest absolute Gasteiger partial charge is 0.504 e. The highest BCUT2D eigenvalue weighted by molar-refractivity contribution is 5.91. The van der Waals surface area contributed by atoms with Gasteiger partial charge in [-0.15, -0.1) is 0 Å². The zero-order chi connectivity index (χ0) is 33.3. The molecule has 15 nitrogen and oxygen atoms in total. The summed E-state index contributed by atoms with van der Waals surface area (Å²) in [4.78, 5) is 61.7. The molecule has 1 fully saturated rings. The Morgan fingerprint density at radius 1 is 0.756 bits per heavy atom. The second-order valence-electron chi connectivity index (χ2n) is 9.86. The summed E-state index contributed by atoms with van der Waals surface area (Å²) in [6.07, 6.45) is -3.50. The third kappa shape index (κ3) is 9.21. The van der Waals surface area contributed by atoms with E-state index in [0.29, 0.717) is 0 Å². The number of benzene rings is 2. The van der Waals surface area contributed by atoms with Crippen LogP contribution in [0.4, 0.5) is 0 Å². The number of phenols is 4. The number of ether oxygens (including phenoxy) is 4. The molecule has 0 saturated heterocycles. The van der Waals surface area contributed by atoms with Crippen molar-refractivity contribution in [3.8, 4) is 23.0 Å². The number of aliphatic hydroxyl groups is 1. The minimum absolute atomic E-state index is 0.239. The first-order valence-corrected chi connectivity index (χ1v) is 13.2. The number of esters is 4. The number of aliphatic hydroxyl groups excluding tert-OH is 1. The molecule has 0 radical (unpaired) electrons. The predicted octanol–water partition coefficient (Wildman–Crippen LogP) is 1.53. The predicted molar refractivity (Wildman–Crippen MR) is 150 cm³/mol. The number of phenolic OH excluding ortho intramolecular Hbond substituents is 4. The van der Waals surface area contributed by atoms with E-state index in [1.807, 2.05) is 0 Å². The molecule has 0 aliphatic heterocycles. The normalized spacial score (nSPS) is 21.2. The maximum absolute atomic E-state index is 12.7. The molecule has 1 saturated carbocycles. The van der Waals surface area contributed by atoms with Crippen molar-refractivity contribution in [1.29, 1.82) is 0 Å². The Kier molecular flexibility index (Phi) is 11.1. The minimum atomic E-state index is -2.48. The molecular formula is C30H30O15. The van der Waals surface area contributed by atoms with E-state index in [0.717, 1.165) is 43.5 Å². The highest BCUT2D eigenvalue weighted by Gasteiger charge is 2.56. The van der Waals surface area contributed by atoms with Crippen LogP contribution in [-0.4, -0.2) is 91.5 Å². The third-order valence-corrected chi connectivity index (χ3v) is 6.64. The molecule has 0 heterocycles. The van der Waals surface area contributed by atoms with Gasteiger partial charge in [0.1, 0.15) is 18.3 Å². The van der Waals surface area contributed by atoms with Crippen molar-refractivity contribution in [3.63, 3.8) is 0 Å². The fraction of sp³-hybridized carbons (Fsp3) is 0.300. The number of hydrogen-bond acceptors (Lipinski definition) is 14. The van der Waals surface area contributed by atoms with Gasteiger partial charge in [0.25, 0.3) is 0 Å². The number of aliphatic carboxylic acids is 1. The van der Waals surface area contributed by atoms with Crippen molar-refractivity contribution >= 4 is 42.0 Å². The van der Waals surface area contributed by atoms with Gasteiger partial charge in [-0.3, -0.25) is 9.59 Å². The van der Waals surface area contributed by atoms with Crippen LogP contribution in [0.25, 0.3) is 12.2 Å². The zero-order valence-corrected chi connectivity index (χ0v) is 23.7. The van der Waals surface area contributed by atoms with Crippen LogP contribution in [0.15, 0.2) is 48.6 Å². The molecule has 240 valence electrons. The summed E-state index contributed by atoms with van der Waals surface area (Å²) in [5.41, 5.74) is -1.97. The second-order valence-corrected chi connectivity index (χ2v) is 9.86. The minimum Gasteiger partial charge on any atom is -0.504 e. The van der Waals surface area contributed by atoms with Gasteiger partial charge in [0.05, 0.1) is 20.0 Å². The van der Waals surface area contributed by atoms with E-state index in [2.05, 4.69) is 4.74 Å². The van der Waals surface area contributed by atoms with Crippen LogP contribution in [-0.2, 0) is 42.9 Å². The first kappa shape index (κ1) is 33.9. The molecule has 0 spiro atoms. The van der Waals surface area contributed by atoms with Crippen LogP contribution in [0.2, 0.25) is 0 Å². The fourth-order valence-corrected chi connectivity index (χ4v) is 4.30. The molecule has 0 bridgehead atoms. The Balaban J connectivity index is 1.85. The first-order chi connectivity index (χ1) is 21.2. The fourth-order valence-electron chi connectivity index (χ4n) is 4.30. The summed E-state index contributed by atoms with van der Waals surface area (Å²) < 4.78 is 20.2. The number of aromatic hydroxyl groups is 4. The standard InChI is InChI=1S/C30H30O15/c1-42-24(35)10-11-26(37)44-23-15-30(29(40)41,45-27(38)9-5-17-3-7-19(32)21(34)13-17)14-22(28(23)39)43-25(36)8-4-16-2-6-18(31)20(33)12-16/h2-9,12-13,22-23,28,31-34,39H,10-11,14-15H2,1H3,(H,40,41)/b8-4+,9-5+/t22-,23-,28-,30+/m1/s1. The highest BCUT2D eigenvalue weighted by atomic mass is 16.6. The van der Waals surface area contributed by atoms with E-state index in [-0.39, 0.29) is 17.5 Å². The van der Waals surface area contributed by atoms with Crippen LogP contribution in [0, 0.1) is 0 Å². The number of rotatable bonds is 11. The average molecular weight is 631 g/mol. The molecule has 1 aliphatic carbocycles. The lowest BCUT2D eigenvalue weighted by molar-refractivity contribution is -0.213. The lowest BCUT2D eigenvalue weighted by Gasteiger charge is -2.42. The van der Waals surface area contributed by atoms with Gasteiger partial charge in [0, 0.05) is 25.0 Å². The van der Waals surface area contributed by atoms with Gasteiger partial charge < -0.3 is 49.6 Å². The van der Waals surface area contributed by atoms with Gasteiger partial charge in [0.15, 0.2) is 23.0 Å². The second kappa shape index (κ2) is 14.7. The SMILES string of the molecule is COC(=O)CCC(=O)O[C@@H]1C[C@](OC(=O)/C=C/c2ccc(O)c(O)c2)(C(=O)O)C[C@@H](OC(=O)/C=C/c2ccc(O)c(O)c2)[C@H]1O. The maximum Gasteiger partial charge on any atom is 0.348 e. The van der Waals surface area contributed by atoms with E-state index in [1.54, 1.807) is 0 Å². The van der Waals surface area contributed by atoms with Gasteiger partial charge in [-0.25, -0.2) is 14.4 Å². The molecular weight excluding hydrogens is 600 g/mol. The van der Waals surface area contributed by atoms with Crippen molar-refractivity contribution in [2.45, 2.75) is 49.6 Å². The molecule has 15 heteroatoms. The number of carboxylic acid groups (broad SMARTS) is 1. The van der Waals surface area contributed by atoms with Crippen LogP contribution in [0.5, 0.6) is 23.0 Å². The maximum atomic E-state index is 12.7. The Bertz CT molecular complexity index is 1510. The monoisotopic (exact) mass is 630 g/mol. The van der Waals surface area contributed by atoms with Gasteiger partial charge in [-0.05, 0) is 47.5 Å². The summed E-state index contributed by atoms with van der Waals surface area (Å²) in [5, 5.41) is 59.2. The summed E-state index contributed by atoms with van der Waals surface area (Å²) >= 11 is 0. The Hall–Kier alpha value is -5.57. The van der Waals surface area contributed by atoms with Gasteiger partial charge in [0.2, 0.25) is 5.60 Å². The highest BCUT2D eigenvalue weighted by Crippen LogP contribution is 2.37. The van der Waals surface area contributed by atoms with Gasteiger partial charge in [-0.2, -0.15) is 0 Å². The third-order valence-electron chi connectivity index (χ3n) is 6.64. The van der Waals surface area contributed by atoms with E-state index in [4.69, 9.17) is 14.2 Å². The summed E-state index contributed by atoms with van der Waals surface area (Å²) in [7, 11) is 1.10. The number of carboxylic acids is 1. The first-order valence-electron chi connectivity index (χ1n) is 13.2. The van der Waals surface area contributed by atoms with Crippen molar-refractivity contribution in [1.82, 2.24) is 0 Å². The molecule has 2 aromatic rings. The zero-order valence-electron chi connectivity index (χ0n) is 23.7. The van der Waals surface area contributed by atoms with Crippen LogP contribution in [0.3, 0.4) is 0 Å². The lowest BCUT2D eigenvalue weighted by Crippen LogP contribution is -2.59. The average Bonchev–Trinajstić information content (AvgIpc) is 2.99. The number of hydrogen-bond donors (Lipinski definition) is 6. The number of carbonyl (C=O) groups excluding carboxylic acids is 4. The van der Waals surface area contributed by atoms with Crippen molar-refractivity contribution in [3.05, 3.63) is 59.7 Å². The van der Waals surface area contributed by atoms with Crippen LogP contribution >= 0.6 is 0 Å². The Labute approximate surface area is 255 Å². The molecule has 1 aliphatic rings. The molecule has 0 unspecified atom stereocenters. The molecule has 4 atom stereocenters. The number of carbonyl (C=O) groups is 5. The molecule has 3 rings (SSSR count). The quantitative estimate of drug-likeness (QED) is 0.0892. The summed E-state index contributed by atoms with van der Waals surface area (Å²) in [5.74, 6) is -7.53. The van der Waals surface area contributed by atoms with Crippen molar-refractivity contribution in [2.24, 2.45) is 0 Å². The molecule has 0 amide bonds. The lowest BCUT2D eigenvalue weighted by atomic mass is 9.79. The topological polar surface area (TPSA) is 244 Å². The van der Waals surface area contributed by atoms with E-state index in [9.17, 15) is 54.6 Å². The van der Waals surface area contributed by atoms with E-state index in [1.165, 1.54) is 24.3 Å². The molecule has 45 heavy (non-hydrogen) atoms.